The van der Waals surface area contributed by atoms with Crippen LogP contribution < -0.4 is 5.32 Å². The number of amides is 1. The molecule has 4 nitrogen and oxygen atoms in total. The highest BCUT2D eigenvalue weighted by atomic mass is 16.4. The molecule has 0 bridgehead atoms. The van der Waals surface area contributed by atoms with Gasteiger partial charge in [0, 0.05) is 12.1 Å². The Bertz CT molecular complexity index is 695. The SMILES string of the molecule is CCc1ccccc1CC(=O)Nc1cccc(CCC(=O)O)c1. The Kier molecular flexibility index (Phi) is 5.92. The van der Waals surface area contributed by atoms with Crippen LogP contribution >= 0.6 is 0 Å². The fourth-order valence-electron chi connectivity index (χ4n) is 2.51. The molecule has 1 amide bonds. The molecule has 0 fully saturated rings. The van der Waals surface area contributed by atoms with E-state index in [-0.39, 0.29) is 12.3 Å². The second-order valence-electron chi connectivity index (χ2n) is 5.44. The summed E-state index contributed by atoms with van der Waals surface area (Å²) in [4.78, 5) is 22.9. The molecular weight excluding hydrogens is 290 g/mol. The van der Waals surface area contributed by atoms with Gasteiger partial charge in [0.05, 0.1) is 6.42 Å². The molecule has 0 aromatic heterocycles. The Morgan fingerprint density at radius 1 is 1.04 bits per heavy atom. The topological polar surface area (TPSA) is 66.4 Å². The Labute approximate surface area is 136 Å². The second kappa shape index (κ2) is 8.13. The van der Waals surface area contributed by atoms with Crippen LogP contribution in [-0.4, -0.2) is 17.0 Å². The van der Waals surface area contributed by atoms with E-state index in [9.17, 15) is 9.59 Å². The van der Waals surface area contributed by atoms with Crippen LogP contribution in [0.5, 0.6) is 0 Å². The van der Waals surface area contributed by atoms with Crippen molar-refractivity contribution < 1.29 is 14.7 Å². The standard InChI is InChI=1S/C19H21NO3/c1-2-15-7-3-4-8-16(15)13-18(21)20-17-9-5-6-14(12-17)10-11-19(22)23/h3-9,12H,2,10-11,13H2,1H3,(H,20,21)(H,22,23). The zero-order valence-corrected chi connectivity index (χ0v) is 13.2. The van der Waals surface area contributed by atoms with Gasteiger partial charge in [0.2, 0.25) is 5.91 Å². The first kappa shape index (κ1) is 16.7. The highest BCUT2D eigenvalue weighted by Crippen LogP contribution is 2.15. The van der Waals surface area contributed by atoms with Crippen LogP contribution in [0.3, 0.4) is 0 Å². The molecule has 120 valence electrons. The van der Waals surface area contributed by atoms with Gasteiger partial charge in [-0.2, -0.15) is 0 Å². The monoisotopic (exact) mass is 311 g/mol. The predicted molar refractivity (Wildman–Crippen MR) is 90.6 cm³/mol. The van der Waals surface area contributed by atoms with Gasteiger partial charge >= 0.3 is 5.97 Å². The molecule has 2 aromatic carbocycles. The summed E-state index contributed by atoms with van der Waals surface area (Å²) in [6.45, 7) is 2.07. The van der Waals surface area contributed by atoms with Crippen molar-refractivity contribution in [2.24, 2.45) is 0 Å². The van der Waals surface area contributed by atoms with Gasteiger partial charge in [0.1, 0.15) is 0 Å². The van der Waals surface area contributed by atoms with Gasteiger partial charge < -0.3 is 10.4 Å². The third-order valence-corrected chi connectivity index (χ3v) is 3.69. The predicted octanol–water partition coefficient (Wildman–Crippen LogP) is 3.45. The van der Waals surface area contributed by atoms with Gasteiger partial charge in [0.25, 0.3) is 0 Å². The minimum absolute atomic E-state index is 0.0683. The molecule has 4 heteroatoms. The highest BCUT2D eigenvalue weighted by molar-refractivity contribution is 5.92. The van der Waals surface area contributed by atoms with E-state index in [4.69, 9.17) is 5.11 Å². The summed E-state index contributed by atoms with van der Waals surface area (Å²) < 4.78 is 0. The lowest BCUT2D eigenvalue weighted by Crippen LogP contribution is -2.15. The first-order valence-electron chi connectivity index (χ1n) is 7.76. The second-order valence-corrected chi connectivity index (χ2v) is 5.44. The van der Waals surface area contributed by atoms with Crippen LogP contribution in [0, 0.1) is 0 Å². The zero-order chi connectivity index (χ0) is 16.7. The summed E-state index contributed by atoms with van der Waals surface area (Å²) in [5.41, 5.74) is 3.82. The molecule has 2 N–H and O–H groups in total. The molecule has 2 rings (SSSR count). The maximum absolute atomic E-state index is 12.2. The molecule has 0 unspecified atom stereocenters. The largest absolute Gasteiger partial charge is 0.481 e. The van der Waals surface area contributed by atoms with Crippen LogP contribution in [0.1, 0.15) is 30.0 Å². The van der Waals surface area contributed by atoms with Gasteiger partial charge in [0.15, 0.2) is 0 Å². The lowest BCUT2D eigenvalue weighted by atomic mass is 10.0. The number of anilines is 1. The van der Waals surface area contributed by atoms with Gasteiger partial charge in [-0.25, -0.2) is 0 Å². The molecule has 23 heavy (non-hydrogen) atoms. The van der Waals surface area contributed by atoms with Crippen molar-refractivity contribution in [3.8, 4) is 0 Å². The number of hydrogen-bond acceptors (Lipinski definition) is 2. The molecule has 0 atom stereocenters. The molecule has 2 aromatic rings. The van der Waals surface area contributed by atoms with Crippen molar-refractivity contribution in [2.45, 2.75) is 32.6 Å². The van der Waals surface area contributed by atoms with E-state index in [0.717, 1.165) is 17.5 Å². The van der Waals surface area contributed by atoms with Gasteiger partial charge in [-0.15, -0.1) is 0 Å². The lowest BCUT2D eigenvalue weighted by Gasteiger charge is -2.09. The zero-order valence-electron chi connectivity index (χ0n) is 13.2. The fraction of sp³-hybridized carbons (Fsp3) is 0.263. The van der Waals surface area contributed by atoms with Gasteiger partial charge in [-0.1, -0.05) is 43.3 Å². The van der Waals surface area contributed by atoms with E-state index in [1.807, 2.05) is 48.5 Å². The summed E-state index contributed by atoms with van der Waals surface area (Å²) in [5, 5.41) is 11.6. The first-order valence-corrected chi connectivity index (χ1v) is 7.76. The molecule has 0 heterocycles. The van der Waals surface area contributed by atoms with E-state index in [1.54, 1.807) is 0 Å². The number of benzene rings is 2. The van der Waals surface area contributed by atoms with Crippen LogP contribution in [0.15, 0.2) is 48.5 Å². The van der Waals surface area contributed by atoms with Crippen molar-refractivity contribution >= 4 is 17.6 Å². The van der Waals surface area contributed by atoms with Crippen molar-refractivity contribution in [1.29, 1.82) is 0 Å². The summed E-state index contributed by atoms with van der Waals surface area (Å²) in [7, 11) is 0. The molecular formula is C19H21NO3. The third-order valence-electron chi connectivity index (χ3n) is 3.69. The number of aryl methyl sites for hydroxylation is 2. The van der Waals surface area contributed by atoms with Gasteiger partial charge in [-0.05, 0) is 41.7 Å². The molecule has 0 aliphatic heterocycles. The van der Waals surface area contributed by atoms with Crippen LogP contribution in [0.2, 0.25) is 0 Å². The number of carboxylic acids is 1. The number of aliphatic carboxylic acids is 1. The number of rotatable bonds is 7. The van der Waals surface area contributed by atoms with E-state index in [2.05, 4.69) is 12.2 Å². The van der Waals surface area contributed by atoms with E-state index in [1.165, 1.54) is 5.56 Å². The molecule has 0 aliphatic rings. The molecule has 0 radical (unpaired) electrons. The number of carbonyl (C=O) groups is 2. The van der Waals surface area contributed by atoms with Crippen molar-refractivity contribution in [3.63, 3.8) is 0 Å². The number of carbonyl (C=O) groups excluding carboxylic acids is 1. The average Bonchev–Trinajstić information content (AvgIpc) is 2.53. The molecule has 0 saturated carbocycles. The summed E-state index contributed by atoms with van der Waals surface area (Å²) in [6, 6.07) is 15.3. The van der Waals surface area contributed by atoms with Crippen LogP contribution in [0.4, 0.5) is 5.69 Å². The minimum atomic E-state index is -0.824. The Morgan fingerprint density at radius 2 is 1.78 bits per heavy atom. The number of nitrogens with one attached hydrogen (secondary N) is 1. The quantitative estimate of drug-likeness (QED) is 0.823. The van der Waals surface area contributed by atoms with E-state index < -0.39 is 5.97 Å². The summed E-state index contributed by atoms with van der Waals surface area (Å²) >= 11 is 0. The third kappa shape index (κ3) is 5.25. The average molecular weight is 311 g/mol. The van der Waals surface area contributed by atoms with E-state index in [0.29, 0.717) is 18.5 Å². The van der Waals surface area contributed by atoms with Crippen LogP contribution in [0.25, 0.3) is 0 Å². The van der Waals surface area contributed by atoms with E-state index >= 15 is 0 Å². The Hall–Kier alpha value is -2.62. The smallest absolute Gasteiger partial charge is 0.303 e. The minimum Gasteiger partial charge on any atom is -0.481 e. The van der Waals surface area contributed by atoms with Gasteiger partial charge in [-0.3, -0.25) is 9.59 Å². The lowest BCUT2D eigenvalue weighted by molar-refractivity contribution is -0.137. The number of hydrogen-bond donors (Lipinski definition) is 2. The fourth-order valence-corrected chi connectivity index (χ4v) is 2.51. The summed E-state index contributed by atoms with van der Waals surface area (Å²) in [5.74, 6) is -0.892. The summed E-state index contributed by atoms with van der Waals surface area (Å²) in [6.07, 6.45) is 1.77. The van der Waals surface area contributed by atoms with Crippen LogP contribution in [-0.2, 0) is 28.9 Å². The first-order chi connectivity index (χ1) is 11.1. The maximum Gasteiger partial charge on any atom is 0.303 e. The molecule has 0 spiro atoms. The normalized spacial score (nSPS) is 10.3. The number of carboxylic acid groups (broad SMARTS) is 1. The maximum atomic E-state index is 12.2. The molecule has 0 aliphatic carbocycles. The van der Waals surface area contributed by atoms with Crippen molar-refractivity contribution in [1.82, 2.24) is 0 Å². The molecule has 0 saturated heterocycles. The highest BCUT2D eigenvalue weighted by Gasteiger charge is 2.08. The Balaban J connectivity index is 2.00. The van der Waals surface area contributed by atoms with Crippen molar-refractivity contribution in [3.05, 3.63) is 65.2 Å². The Morgan fingerprint density at radius 3 is 2.48 bits per heavy atom. The van der Waals surface area contributed by atoms with Crippen molar-refractivity contribution in [2.75, 3.05) is 5.32 Å².